The fourth-order valence-corrected chi connectivity index (χ4v) is 2.68. The lowest BCUT2D eigenvalue weighted by Gasteiger charge is -2.11. The van der Waals surface area contributed by atoms with Crippen LogP contribution in [0.5, 0.6) is 5.75 Å². The van der Waals surface area contributed by atoms with Crippen LogP contribution in [-0.2, 0) is 4.79 Å². The van der Waals surface area contributed by atoms with Gasteiger partial charge in [0.15, 0.2) is 0 Å². The number of carbonyl (C=O) groups excluding carboxylic acids is 1. The standard InChI is InChI=1S/C21H27ClN2O2/c1-3-4-5-6-14-26-18-12-10-17(11-13-18)23-15-21(25)24-20-9-7-8-19(22)16(20)2/h7-13,23H,3-6,14-15H2,1-2H3,(H,24,25). The average molecular weight is 375 g/mol. The Morgan fingerprint density at radius 2 is 1.85 bits per heavy atom. The van der Waals surface area contributed by atoms with Crippen LogP contribution in [0, 0.1) is 6.92 Å². The summed E-state index contributed by atoms with van der Waals surface area (Å²) in [7, 11) is 0. The SMILES string of the molecule is CCCCCCOc1ccc(NCC(=O)Nc2cccc(Cl)c2C)cc1. The summed E-state index contributed by atoms with van der Waals surface area (Å²) in [5.41, 5.74) is 2.47. The second-order valence-corrected chi connectivity index (χ2v) is 6.65. The van der Waals surface area contributed by atoms with Gasteiger partial charge in [0.2, 0.25) is 5.91 Å². The van der Waals surface area contributed by atoms with Gasteiger partial charge in [0.1, 0.15) is 5.75 Å². The van der Waals surface area contributed by atoms with Gasteiger partial charge in [-0.1, -0.05) is 43.9 Å². The Hall–Kier alpha value is -2.20. The van der Waals surface area contributed by atoms with Crippen molar-refractivity contribution in [3.05, 3.63) is 53.1 Å². The fourth-order valence-electron chi connectivity index (χ4n) is 2.51. The van der Waals surface area contributed by atoms with Gasteiger partial charge in [-0.25, -0.2) is 0 Å². The molecule has 5 heteroatoms. The maximum Gasteiger partial charge on any atom is 0.243 e. The highest BCUT2D eigenvalue weighted by Crippen LogP contribution is 2.23. The number of carbonyl (C=O) groups is 1. The van der Waals surface area contributed by atoms with Gasteiger partial charge >= 0.3 is 0 Å². The Morgan fingerprint density at radius 3 is 2.58 bits per heavy atom. The van der Waals surface area contributed by atoms with Crippen molar-refractivity contribution in [3.63, 3.8) is 0 Å². The predicted octanol–water partition coefficient (Wildman–Crippen LogP) is 5.66. The molecular weight excluding hydrogens is 348 g/mol. The van der Waals surface area contributed by atoms with Crippen LogP contribution in [0.2, 0.25) is 5.02 Å². The molecule has 4 nitrogen and oxygen atoms in total. The fraction of sp³-hybridized carbons (Fsp3) is 0.381. The van der Waals surface area contributed by atoms with E-state index in [1.807, 2.05) is 43.3 Å². The molecule has 1 amide bonds. The zero-order chi connectivity index (χ0) is 18.8. The summed E-state index contributed by atoms with van der Waals surface area (Å²) in [6.07, 6.45) is 4.77. The minimum absolute atomic E-state index is 0.119. The lowest BCUT2D eigenvalue weighted by atomic mass is 10.2. The largest absolute Gasteiger partial charge is 0.494 e. The molecule has 0 aliphatic heterocycles. The highest BCUT2D eigenvalue weighted by molar-refractivity contribution is 6.31. The summed E-state index contributed by atoms with van der Waals surface area (Å²) in [6.45, 7) is 5.01. The Balaban J connectivity index is 1.75. The van der Waals surface area contributed by atoms with Crippen LogP contribution < -0.4 is 15.4 Å². The van der Waals surface area contributed by atoms with Gasteiger partial charge in [0.05, 0.1) is 13.2 Å². The van der Waals surface area contributed by atoms with E-state index in [0.29, 0.717) is 5.02 Å². The number of anilines is 2. The molecule has 0 aromatic heterocycles. The van der Waals surface area contributed by atoms with Crippen LogP contribution in [0.4, 0.5) is 11.4 Å². The van der Waals surface area contributed by atoms with Gasteiger partial charge < -0.3 is 15.4 Å². The van der Waals surface area contributed by atoms with Crippen molar-refractivity contribution in [1.29, 1.82) is 0 Å². The van der Waals surface area contributed by atoms with E-state index in [-0.39, 0.29) is 12.5 Å². The van der Waals surface area contributed by atoms with E-state index in [9.17, 15) is 4.79 Å². The second kappa shape index (κ2) is 10.7. The zero-order valence-corrected chi connectivity index (χ0v) is 16.2. The molecule has 0 saturated heterocycles. The van der Waals surface area contributed by atoms with Gasteiger partial charge in [-0.15, -0.1) is 0 Å². The van der Waals surface area contributed by atoms with E-state index in [1.165, 1.54) is 19.3 Å². The van der Waals surface area contributed by atoms with Crippen molar-refractivity contribution in [2.75, 3.05) is 23.8 Å². The topological polar surface area (TPSA) is 50.4 Å². The van der Waals surface area contributed by atoms with Gasteiger partial charge in [0.25, 0.3) is 0 Å². The predicted molar refractivity (Wildman–Crippen MR) is 109 cm³/mol. The number of rotatable bonds is 10. The van der Waals surface area contributed by atoms with E-state index in [2.05, 4.69) is 17.6 Å². The molecule has 2 rings (SSSR count). The molecule has 0 aliphatic carbocycles. The van der Waals surface area contributed by atoms with Crippen molar-refractivity contribution >= 4 is 28.9 Å². The van der Waals surface area contributed by atoms with Crippen LogP contribution in [0.3, 0.4) is 0 Å². The number of hydrogen-bond donors (Lipinski definition) is 2. The molecule has 140 valence electrons. The molecule has 0 aliphatic rings. The molecule has 2 aromatic carbocycles. The summed E-state index contributed by atoms with van der Waals surface area (Å²) in [5, 5.41) is 6.62. The van der Waals surface area contributed by atoms with E-state index in [4.69, 9.17) is 16.3 Å². The molecule has 0 unspecified atom stereocenters. The first kappa shape index (κ1) is 20.1. The first-order valence-electron chi connectivity index (χ1n) is 9.12. The van der Waals surface area contributed by atoms with Gasteiger partial charge in [0, 0.05) is 16.4 Å². The number of halogens is 1. The Morgan fingerprint density at radius 1 is 1.08 bits per heavy atom. The van der Waals surface area contributed by atoms with Crippen LogP contribution >= 0.6 is 11.6 Å². The van der Waals surface area contributed by atoms with Crippen molar-refractivity contribution < 1.29 is 9.53 Å². The molecule has 0 fully saturated rings. The minimum Gasteiger partial charge on any atom is -0.494 e. The van der Waals surface area contributed by atoms with Crippen LogP contribution in [-0.4, -0.2) is 19.1 Å². The summed E-state index contributed by atoms with van der Waals surface area (Å²) >= 11 is 6.07. The molecule has 2 aromatic rings. The molecule has 0 heterocycles. The highest BCUT2D eigenvalue weighted by atomic mass is 35.5. The molecule has 0 spiro atoms. The first-order chi connectivity index (χ1) is 12.6. The number of unbranched alkanes of at least 4 members (excludes halogenated alkanes) is 3. The first-order valence-corrected chi connectivity index (χ1v) is 9.49. The summed E-state index contributed by atoms with van der Waals surface area (Å²) in [4.78, 5) is 12.1. The van der Waals surface area contributed by atoms with Crippen molar-refractivity contribution in [2.45, 2.75) is 39.5 Å². The van der Waals surface area contributed by atoms with Crippen molar-refractivity contribution in [2.24, 2.45) is 0 Å². The number of hydrogen-bond acceptors (Lipinski definition) is 3. The van der Waals surface area contributed by atoms with E-state index in [1.54, 1.807) is 6.07 Å². The lowest BCUT2D eigenvalue weighted by Crippen LogP contribution is -2.22. The normalized spacial score (nSPS) is 10.4. The van der Waals surface area contributed by atoms with E-state index >= 15 is 0 Å². The van der Waals surface area contributed by atoms with Gasteiger partial charge in [-0.3, -0.25) is 4.79 Å². The molecule has 0 bridgehead atoms. The minimum atomic E-state index is -0.119. The van der Waals surface area contributed by atoms with Crippen LogP contribution in [0.15, 0.2) is 42.5 Å². The average Bonchev–Trinajstić information content (AvgIpc) is 2.64. The number of ether oxygens (including phenoxy) is 1. The molecule has 26 heavy (non-hydrogen) atoms. The van der Waals surface area contributed by atoms with Gasteiger partial charge in [-0.2, -0.15) is 0 Å². The third kappa shape index (κ3) is 6.60. The maximum atomic E-state index is 12.1. The third-order valence-electron chi connectivity index (χ3n) is 4.12. The Bertz CT molecular complexity index is 702. The van der Waals surface area contributed by atoms with Gasteiger partial charge in [-0.05, 0) is 55.3 Å². The van der Waals surface area contributed by atoms with Crippen LogP contribution in [0.25, 0.3) is 0 Å². The van der Waals surface area contributed by atoms with E-state index in [0.717, 1.165) is 35.7 Å². The summed E-state index contributed by atoms with van der Waals surface area (Å²) < 4.78 is 5.72. The van der Waals surface area contributed by atoms with Crippen LogP contribution in [0.1, 0.15) is 38.2 Å². The Labute approximate surface area is 160 Å². The molecule has 0 atom stereocenters. The second-order valence-electron chi connectivity index (χ2n) is 6.25. The molecule has 0 radical (unpaired) electrons. The summed E-state index contributed by atoms with van der Waals surface area (Å²) in [5.74, 6) is 0.734. The lowest BCUT2D eigenvalue weighted by molar-refractivity contribution is -0.114. The van der Waals surface area contributed by atoms with Crippen molar-refractivity contribution in [3.8, 4) is 5.75 Å². The van der Waals surface area contributed by atoms with E-state index < -0.39 is 0 Å². The van der Waals surface area contributed by atoms with Crippen molar-refractivity contribution in [1.82, 2.24) is 0 Å². The monoisotopic (exact) mass is 374 g/mol. The maximum absolute atomic E-state index is 12.1. The smallest absolute Gasteiger partial charge is 0.243 e. The molecule has 0 saturated carbocycles. The highest BCUT2D eigenvalue weighted by Gasteiger charge is 2.06. The third-order valence-corrected chi connectivity index (χ3v) is 4.53. The molecular formula is C21H27ClN2O2. The number of nitrogens with one attached hydrogen (secondary N) is 2. The molecule has 2 N–H and O–H groups in total. The summed E-state index contributed by atoms with van der Waals surface area (Å²) in [6, 6.07) is 13.1. The Kier molecular flexibility index (Phi) is 8.29. The quantitative estimate of drug-likeness (QED) is 0.527. The number of amides is 1. The number of benzene rings is 2. The zero-order valence-electron chi connectivity index (χ0n) is 15.5.